The molecule has 0 saturated heterocycles. The summed E-state index contributed by atoms with van der Waals surface area (Å²) in [4.78, 5) is 14.0. The van der Waals surface area contributed by atoms with Gasteiger partial charge < -0.3 is 10.0 Å². The van der Waals surface area contributed by atoms with Gasteiger partial charge in [-0.3, -0.25) is 4.79 Å². The number of hydrogen-bond acceptors (Lipinski definition) is 3. The molecule has 1 unspecified atom stereocenters. The lowest BCUT2D eigenvalue weighted by Crippen LogP contribution is -2.36. The Morgan fingerprint density at radius 3 is 2.88 bits per heavy atom. The Hall–Kier alpha value is -0.840. The van der Waals surface area contributed by atoms with Crippen LogP contribution < -0.4 is 0 Å². The molecule has 0 aliphatic heterocycles. The molecular weight excluding hydrogens is 246 g/mol. The van der Waals surface area contributed by atoms with Crippen LogP contribution in [0.1, 0.15) is 11.8 Å². The molecule has 0 saturated carbocycles. The minimum Gasteiger partial charge on any atom is -0.394 e. The van der Waals surface area contributed by atoms with Crippen molar-refractivity contribution in [3.8, 4) is 0 Å². The zero-order valence-corrected chi connectivity index (χ0v) is 10.8. The lowest BCUT2D eigenvalue weighted by atomic mass is 10.3. The van der Waals surface area contributed by atoms with Crippen LogP contribution in [-0.2, 0) is 4.79 Å². The number of aliphatic hydroxyl groups excluding tert-OH is 1. The molecule has 0 aromatic carbocycles. The van der Waals surface area contributed by atoms with E-state index in [1.54, 1.807) is 26.1 Å². The summed E-state index contributed by atoms with van der Waals surface area (Å²) in [5.41, 5.74) is 0. The maximum atomic E-state index is 11.6. The number of halogens is 1. The fourth-order valence-corrected chi connectivity index (χ4v) is 1.99. The van der Waals surface area contributed by atoms with E-state index in [9.17, 15) is 4.79 Å². The molecule has 0 radical (unpaired) electrons. The molecule has 1 N–H and O–H groups in total. The quantitative estimate of drug-likeness (QED) is 0.843. The second-order valence-corrected chi connectivity index (χ2v) is 5.20. The number of thiophene rings is 1. The number of nitrogens with zero attached hydrogens (tertiary/aromatic N) is 1. The first-order chi connectivity index (χ1) is 7.54. The Bertz CT molecular complexity index is 389. The number of carbonyl (C=O) groups is 1. The normalized spacial score (nSPS) is 13.0. The van der Waals surface area contributed by atoms with Crippen LogP contribution in [0.3, 0.4) is 0 Å². The number of aliphatic hydroxyl groups is 1. The highest BCUT2D eigenvalue weighted by molar-refractivity contribution is 7.17. The Morgan fingerprint density at radius 2 is 2.38 bits per heavy atom. The predicted molar refractivity (Wildman–Crippen MR) is 67.7 cm³/mol. The number of likely N-dealkylation sites (N-methyl/N-ethyl adjacent to an activating group) is 1. The van der Waals surface area contributed by atoms with E-state index in [2.05, 4.69) is 0 Å². The van der Waals surface area contributed by atoms with Crippen molar-refractivity contribution in [1.29, 1.82) is 0 Å². The summed E-state index contributed by atoms with van der Waals surface area (Å²) in [6.45, 7) is 1.74. The SMILES string of the molecule is CC(CO)N(C)C(=O)/C=C/c1ccc(Cl)s1. The summed E-state index contributed by atoms with van der Waals surface area (Å²) in [6.07, 6.45) is 3.20. The molecule has 1 aromatic rings. The fraction of sp³-hybridized carbons (Fsp3) is 0.364. The highest BCUT2D eigenvalue weighted by Gasteiger charge is 2.11. The predicted octanol–water partition coefficient (Wildman–Crippen LogP) is 2.25. The number of hydrogen-bond donors (Lipinski definition) is 1. The van der Waals surface area contributed by atoms with Gasteiger partial charge in [0.15, 0.2) is 0 Å². The molecule has 16 heavy (non-hydrogen) atoms. The van der Waals surface area contributed by atoms with Gasteiger partial charge in [0.25, 0.3) is 0 Å². The van der Waals surface area contributed by atoms with Gasteiger partial charge in [0.05, 0.1) is 17.0 Å². The molecule has 0 aliphatic rings. The minimum absolute atomic E-state index is 0.0408. The smallest absolute Gasteiger partial charge is 0.246 e. The van der Waals surface area contributed by atoms with Gasteiger partial charge in [0, 0.05) is 18.0 Å². The summed E-state index contributed by atoms with van der Waals surface area (Å²) in [7, 11) is 1.66. The lowest BCUT2D eigenvalue weighted by molar-refractivity contribution is -0.127. The van der Waals surface area contributed by atoms with Crippen LogP contribution in [0.4, 0.5) is 0 Å². The van der Waals surface area contributed by atoms with Crippen molar-refractivity contribution in [2.75, 3.05) is 13.7 Å². The molecule has 1 aromatic heterocycles. The second-order valence-electron chi connectivity index (χ2n) is 3.46. The fourth-order valence-electron chi connectivity index (χ4n) is 1.03. The van der Waals surface area contributed by atoms with Gasteiger partial charge in [-0.15, -0.1) is 11.3 Å². The Morgan fingerprint density at radius 1 is 1.69 bits per heavy atom. The van der Waals surface area contributed by atoms with Gasteiger partial charge in [-0.1, -0.05) is 11.6 Å². The zero-order chi connectivity index (χ0) is 12.1. The van der Waals surface area contributed by atoms with Crippen molar-refractivity contribution in [3.63, 3.8) is 0 Å². The van der Waals surface area contributed by atoms with Crippen molar-refractivity contribution in [1.82, 2.24) is 4.90 Å². The third-order valence-corrected chi connectivity index (χ3v) is 3.45. The van der Waals surface area contributed by atoms with Gasteiger partial charge in [-0.05, 0) is 25.1 Å². The maximum absolute atomic E-state index is 11.6. The largest absolute Gasteiger partial charge is 0.394 e. The van der Waals surface area contributed by atoms with Crippen LogP contribution in [0, 0.1) is 0 Å². The third-order valence-electron chi connectivity index (χ3n) is 2.26. The Balaban J connectivity index is 2.60. The van der Waals surface area contributed by atoms with Crippen LogP contribution in [0.25, 0.3) is 6.08 Å². The molecule has 0 aliphatic carbocycles. The molecule has 1 heterocycles. The van der Waals surface area contributed by atoms with Crippen molar-refractivity contribution in [2.45, 2.75) is 13.0 Å². The number of carbonyl (C=O) groups excluding carboxylic acids is 1. The van der Waals surface area contributed by atoms with Crippen LogP contribution in [0.15, 0.2) is 18.2 Å². The van der Waals surface area contributed by atoms with Gasteiger partial charge in [0.2, 0.25) is 5.91 Å². The first-order valence-corrected chi connectivity index (χ1v) is 6.05. The maximum Gasteiger partial charge on any atom is 0.246 e. The van der Waals surface area contributed by atoms with E-state index in [4.69, 9.17) is 16.7 Å². The van der Waals surface area contributed by atoms with Gasteiger partial charge in [-0.25, -0.2) is 0 Å². The van der Waals surface area contributed by atoms with Crippen LogP contribution in [-0.4, -0.2) is 35.6 Å². The molecule has 1 amide bonds. The topological polar surface area (TPSA) is 40.5 Å². The van der Waals surface area contributed by atoms with E-state index < -0.39 is 0 Å². The van der Waals surface area contributed by atoms with E-state index >= 15 is 0 Å². The highest BCUT2D eigenvalue weighted by atomic mass is 35.5. The molecule has 3 nitrogen and oxygen atoms in total. The van der Waals surface area contributed by atoms with Crippen LogP contribution in [0.5, 0.6) is 0 Å². The van der Waals surface area contributed by atoms with E-state index in [1.807, 2.05) is 6.07 Å². The number of amides is 1. The molecule has 1 rings (SSSR count). The second kappa shape index (κ2) is 6.03. The Labute approximate surface area is 104 Å². The van der Waals surface area contributed by atoms with Crippen LogP contribution in [0.2, 0.25) is 4.34 Å². The van der Waals surface area contributed by atoms with E-state index in [-0.39, 0.29) is 18.6 Å². The summed E-state index contributed by atoms with van der Waals surface area (Å²) in [6, 6.07) is 3.46. The highest BCUT2D eigenvalue weighted by Crippen LogP contribution is 2.22. The van der Waals surface area contributed by atoms with Crippen molar-refractivity contribution in [3.05, 3.63) is 27.4 Å². The monoisotopic (exact) mass is 259 g/mol. The lowest BCUT2D eigenvalue weighted by Gasteiger charge is -2.21. The van der Waals surface area contributed by atoms with Gasteiger partial charge in [-0.2, -0.15) is 0 Å². The Kier molecular flexibility index (Phi) is 4.99. The zero-order valence-electron chi connectivity index (χ0n) is 9.18. The summed E-state index contributed by atoms with van der Waals surface area (Å²) in [5, 5.41) is 8.91. The van der Waals surface area contributed by atoms with Crippen LogP contribution >= 0.6 is 22.9 Å². The van der Waals surface area contributed by atoms with Crippen molar-refractivity contribution in [2.24, 2.45) is 0 Å². The van der Waals surface area contributed by atoms with Gasteiger partial charge >= 0.3 is 0 Å². The average Bonchev–Trinajstić information content (AvgIpc) is 2.69. The number of rotatable bonds is 4. The minimum atomic E-state index is -0.177. The average molecular weight is 260 g/mol. The molecule has 0 bridgehead atoms. The molecule has 0 spiro atoms. The summed E-state index contributed by atoms with van der Waals surface area (Å²) < 4.78 is 0.698. The van der Waals surface area contributed by atoms with Crippen molar-refractivity contribution >= 4 is 34.9 Å². The van der Waals surface area contributed by atoms with Crippen molar-refractivity contribution < 1.29 is 9.90 Å². The molecule has 0 fully saturated rings. The molecular formula is C11H14ClNO2S. The standard InChI is InChI=1S/C11H14ClNO2S/c1-8(7-14)13(2)11(15)6-4-9-3-5-10(12)16-9/h3-6,8,14H,7H2,1-2H3/b6-4+. The van der Waals surface area contributed by atoms with E-state index in [0.29, 0.717) is 4.34 Å². The van der Waals surface area contributed by atoms with E-state index in [1.165, 1.54) is 22.3 Å². The first-order valence-electron chi connectivity index (χ1n) is 4.85. The third kappa shape index (κ3) is 3.63. The molecule has 5 heteroatoms. The molecule has 1 atom stereocenters. The van der Waals surface area contributed by atoms with Gasteiger partial charge in [0.1, 0.15) is 0 Å². The summed E-state index contributed by atoms with van der Waals surface area (Å²) in [5.74, 6) is -0.133. The molecule has 88 valence electrons. The first kappa shape index (κ1) is 13.2. The summed E-state index contributed by atoms with van der Waals surface area (Å²) >= 11 is 7.18. The van der Waals surface area contributed by atoms with E-state index in [0.717, 1.165) is 4.88 Å².